The molecule has 2 N–H and O–H groups in total. The third-order valence-corrected chi connectivity index (χ3v) is 2.85. The largest absolute Gasteiger partial charge is 0.508 e. The molecule has 110 valence electrons. The van der Waals surface area contributed by atoms with Crippen LogP contribution in [0.1, 0.15) is 5.56 Å². The summed E-state index contributed by atoms with van der Waals surface area (Å²) in [6.45, 7) is 0.627. The summed E-state index contributed by atoms with van der Waals surface area (Å²) in [4.78, 5) is 11.7. The molecule has 0 aliphatic heterocycles. The number of halogens is 1. The minimum atomic E-state index is -0.321. The molecular weight excluding hydrogens is 273 g/mol. The van der Waals surface area contributed by atoms with Crippen molar-refractivity contribution in [3.63, 3.8) is 0 Å². The van der Waals surface area contributed by atoms with Crippen molar-refractivity contribution >= 4 is 5.91 Å². The van der Waals surface area contributed by atoms with Gasteiger partial charge >= 0.3 is 0 Å². The molecule has 0 saturated carbocycles. The molecule has 0 fully saturated rings. The van der Waals surface area contributed by atoms with Gasteiger partial charge in [0.15, 0.2) is 0 Å². The fourth-order valence-electron chi connectivity index (χ4n) is 1.79. The summed E-state index contributed by atoms with van der Waals surface area (Å²) in [5.41, 5.74) is 0.578. The van der Waals surface area contributed by atoms with Crippen molar-refractivity contribution in [2.24, 2.45) is 0 Å². The Morgan fingerprint density at radius 3 is 2.57 bits per heavy atom. The Balaban J connectivity index is 1.70. The van der Waals surface area contributed by atoms with Gasteiger partial charge in [0.25, 0.3) is 0 Å². The Bertz CT molecular complexity index is 599. The lowest BCUT2D eigenvalue weighted by atomic mass is 10.1. The molecule has 0 aliphatic carbocycles. The minimum absolute atomic E-state index is 0.107. The number of aromatic hydroxyl groups is 1. The van der Waals surface area contributed by atoms with Crippen LogP contribution in [0.15, 0.2) is 48.5 Å². The van der Waals surface area contributed by atoms with Crippen LogP contribution in [0.2, 0.25) is 0 Å². The van der Waals surface area contributed by atoms with Crippen molar-refractivity contribution < 1.29 is 19.0 Å². The number of amides is 1. The highest BCUT2D eigenvalue weighted by Crippen LogP contribution is 2.15. The highest BCUT2D eigenvalue weighted by molar-refractivity contribution is 5.79. The topological polar surface area (TPSA) is 58.6 Å². The molecule has 0 radical (unpaired) electrons. The Morgan fingerprint density at radius 2 is 1.86 bits per heavy atom. The van der Waals surface area contributed by atoms with Crippen molar-refractivity contribution in [1.29, 1.82) is 0 Å². The number of phenols is 1. The summed E-state index contributed by atoms with van der Waals surface area (Å²) in [7, 11) is 0. The number of phenolic OH excluding ortho intramolecular Hbond substituents is 1. The van der Waals surface area contributed by atoms with Crippen LogP contribution >= 0.6 is 0 Å². The summed E-state index contributed by atoms with van der Waals surface area (Å²) >= 11 is 0. The molecule has 0 bridgehead atoms. The smallest absolute Gasteiger partial charge is 0.224 e. The zero-order valence-electron chi connectivity index (χ0n) is 11.4. The van der Waals surface area contributed by atoms with Crippen LogP contribution in [0.3, 0.4) is 0 Å². The molecule has 2 aromatic carbocycles. The van der Waals surface area contributed by atoms with Crippen molar-refractivity contribution in [2.45, 2.75) is 6.42 Å². The number of ether oxygens (including phenoxy) is 1. The standard InChI is InChI=1S/C16H16FNO3/c17-13-5-7-14(8-6-13)21-10-9-18-16(20)11-12-3-1-2-4-15(12)19/h1-8,19H,9-11H2,(H,18,20). The predicted octanol–water partition coefficient (Wildman–Crippen LogP) is 2.27. The van der Waals surface area contributed by atoms with Gasteiger partial charge in [-0.05, 0) is 30.3 Å². The van der Waals surface area contributed by atoms with E-state index in [1.54, 1.807) is 24.3 Å². The number of hydrogen-bond acceptors (Lipinski definition) is 3. The van der Waals surface area contributed by atoms with Gasteiger partial charge in [-0.1, -0.05) is 18.2 Å². The second kappa shape index (κ2) is 7.28. The molecule has 2 aromatic rings. The lowest BCUT2D eigenvalue weighted by Gasteiger charge is -2.08. The van der Waals surface area contributed by atoms with Gasteiger partial charge in [-0.25, -0.2) is 4.39 Å². The van der Waals surface area contributed by atoms with E-state index in [0.29, 0.717) is 17.9 Å². The van der Waals surface area contributed by atoms with Crippen LogP contribution in [0, 0.1) is 5.82 Å². The van der Waals surface area contributed by atoms with E-state index < -0.39 is 0 Å². The van der Waals surface area contributed by atoms with E-state index in [1.807, 2.05) is 0 Å². The van der Waals surface area contributed by atoms with E-state index in [-0.39, 0.29) is 30.5 Å². The Morgan fingerprint density at radius 1 is 1.14 bits per heavy atom. The lowest BCUT2D eigenvalue weighted by molar-refractivity contribution is -0.120. The van der Waals surface area contributed by atoms with Gasteiger partial charge in [0.2, 0.25) is 5.91 Å². The van der Waals surface area contributed by atoms with E-state index in [4.69, 9.17) is 4.74 Å². The van der Waals surface area contributed by atoms with E-state index in [0.717, 1.165) is 0 Å². The number of rotatable bonds is 6. The second-order valence-corrected chi connectivity index (χ2v) is 4.46. The molecule has 0 atom stereocenters. The molecule has 4 nitrogen and oxygen atoms in total. The highest BCUT2D eigenvalue weighted by atomic mass is 19.1. The van der Waals surface area contributed by atoms with Crippen molar-refractivity contribution in [3.05, 3.63) is 59.9 Å². The van der Waals surface area contributed by atoms with Gasteiger partial charge in [0.05, 0.1) is 13.0 Å². The molecule has 0 unspecified atom stereocenters. The zero-order chi connectivity index (χ0) is 15.1. The van der Waals surface area contributed by atoms with Crippen LogP contribution in [-0.2, 0) is 11.2 Å². The lowest BCUT2D eigenvalue weighted by Crippen LogP contribution is -2.29. The highest BCUT2D eigenvalue weighted by Gasteiger charge is 2.06. The Hall–Kier alpha value is -2.56. The summed E-state index contributed by atoms with van der Waals surface area (Å²) in [6.07, 6.45) is 0.114. The molecule has 0 saturated heterocycles. The first-order valence-corrected chi connectivity index (χ1v) is 6.57. The van der Waals surface area contributed by atoms with E-state index in [1.165, 1.54) is 24.3 Å². The maximum absolute atomic E-state index is 12.7. The summed E-state index contributed by atoms with van der Waals surface area (Å²) in [6, 6.07) is 12.4. The van der Waals surface area contributed by atoms with Gasteiger partial charge in [0, 0.05) is 5.56 Å². The van der Waals surface area contributed by atoms with Gasteiger partial charge < -0.3 is 15.2 Å². The van der Waals surface area contributed by atoms with Crippen LogP contribution in [0.4, 0.5) is 4.39 Å². The van der Waals surface area contributed by atoms with E-state index in [9.17, 15) is 14.3 Å². The second-order valence-electron chi connectivity index (χ2n) is 4.46. The zero-order valence-corrected chi connectivity index (χ0v) is 11.4. The van der Waals surface area contributed by atoms with Gasteiger partial charge in [-0.15, -0.1) is 0 Å². The third kappa shape index (κ3) is 4.80. The van der Waals surface area contributed by atoms with Gasteiger partial charge in [0.1, 0.15) is 23.9 Å². The molecule has 0 aliphatic rings. The Kier molecular flexibility index (Phi) is 5.15. The molecule has 1 amide bonds. The van der Waals surface area contributed by atoms with Crippen molar-refractivity contribution in [2.75, 3.05) is 13.2 Å². The van der Waals surface area contributed by atoms with E-state index >= 15 is 0 Å². The molecule has 0 aromatic heterocycles. The first-order chi connectivity index (χ1) is 10.1. The van der Waals surface area contributed by atoms with Crippen LogP contribution in [0.5, 0.6) is 11.5 Å². The number of benzene rings is 2. The third-order valence-electron chi connectivity index (χ3n) is 2.85. The first-order valence-electron chi connectivity index (χ1n) is 6.57. The van der Waals surface area contributed by atoms with Crippen LogP contribution in [0.25, 0.3) is 0 Å². The average molecular weight is 289 g/mol. The van der Waals surface area contributed by atoms with E-state index in [2.05, 4.69) is 5.32 Å². The summed E-state index contributed by atoms with van der Waals surface area (Å²) < 4.78 is 18.0. The number of carbonyl (C=O) groups excluding carboxylic acids is 1. The number of hydrogen-bond donors (Lipinski definition) is 2. The molecular formula is C16H16FNO3. The number of para-hydroxylation sites is 1. The van der Waals surface area contributed by atoms with Crippen molar-refractivity contribution in [3.8, 4) is 11.5 Å². The summed E-state index contributed by atoms with van der Waals surface area (Å²) in [5.74, 6) is 0.138. The maximum Gasteiger partial charge on any atom is 0.224 e. The van der Waals surface area contributed by atoms with Gasteiger partial charge in [-0.3, -0.25) is 4.79 Å². The number of carbonyl (C=O) groups is 1. The van der Waals surface area contributed by atoms with Crippen molar-refractivity contribution in [1.82, 2.24) is 5.32 Å². The SMILES string of the molecule is O=C(Cc1ccccc1O)NCCOc1ccc(F)cc1. The molecule has 0 spiro atoms. The summed E-state index contributed by atoms with van der Waals surface area (Å²) in [5, 5.41) is 12.3. The molecule has 0 heterocycles. The molecule has 21 heavy (non-hydrogen) atoms. The van der Waals surface area contributed by atoms with Gasteiger partial charge in [-0.2, -0.15) is 0 Å². The quantitative estimate of drug-likeness (QED) is 0.802. The molecule has 5 heteroatoms. The fourth-order valence-corrected chi connectivity index (χ4v) is 1.79. The Labute approximate surface area is 122 Å². The minimum Gasteiger partial charge on any atom is -0.508 e. The predicted molar refractivity (Wildman–Crippen MR) is 76.7 cm³/mol. The first kappa shape index (κ1) is 14.8. The average Bonchev–Trinajstić information content (AvgIpc) is 2.48. The fraction of sp³-hybridized carbons (Fsp3) is 0.188. The van der Waals surface area contributed by atoms with Crippen LogP contribution < -0.4 is 10.1 Å². The normalized spacial score (nSPS) is 10.1. The molecule has 2 rings (SSSR count). The van der Waals surface area contributed by atoms with Crippen LogP contribution in [-0.4, -0.2) is 24.2 Å². The number of nitrogens with one attached hydrogen (secondary N) is 1. The monoisotopic (exact) mass is 289 g/mol. The maximum atomic E-state index is 12.7.